The summed E-state index contributed by atoms with van der Waals surface area (Å²) in [5.41, 5.74) is 0.715. The molecule has 2 aromatic rings. The van der Waals surface area contributed by atoms with Crippen LogP contribution in [-0.4, -0.2) is 52.7 Å². The molecule has 3 rings (SSSR count). The second kappa shape index (κ2) is 10.6. The summed E-state index contributed by atoms with van der Waals surface area (Å²) in [5.74, 6) is -1.98. The first-order valence-electron chi connectivity index (χ1n) is 10.7. The lowest BCUT2D eigenvalue weighted by molar-refractivity contribution is -0.136. The van der Waals surface area contributed by atoms with E-state index < -0.39 is 11.8 Å². The number of benzene rings is 1. The number of likely N-dealkylation sites (tertiary alicyclic amines) is 1. The molecule has 10 heteroatoms. The molecule has 4 amide bonds. The molecule has 0 aliphatic carbocycles. The van der Waals surface area contributed by atoms with Crippen molar-refractivity contribution in [2.75, 3.05) is 30.3 Å². The maximum absolute atomic E-state index is 12.7. The standard InChI is InChI=1S/C23H27N5O5/c1-15(29)25-17-5-3-6-18(13-17)26-21(31)20(30)24-14-16-8-11-28(12-9-16)23(33)19-7-4-10-27(2)22(19)32/h3-7,10,13,16H,8-9,11-12,14H2,1-2H3,(H,24,30)(H,25,29)(H,26,31). The summed E-state index contributed by atoms with van der Waals surface area (Å²) < 4.78 is 1.37. The zero-order valence-corrected chi connectivity index (χ0v) is 18.6. The normalized spacial score (nSPS) is 13.8. The van der Waals surface area contributed by atoms with Crippen LogP contribution in [0.15, 0.2) is 47.4 Å². The van der Waals surface area contributed by atoms with Gasteiger partial charge in [0.05, 0.1) is 0 Å². The molecule has 1 fully saturated rings. The van der Waals surface area contributed by atoms with Crippen molar-refractivity contribution >= 4 is 35.0 Å². The molecule has 0 radical (unpaired) electrons. The van der Waals surface area contributed by atoms with Crippen LogP contribution in [-0.2, 0) is 21.4 Å². The van der Waals surface area contributed by atoms with E-state index in [1.807, 2.05) is 0 Å². The number of piperidine rings is 1. The van der Waals surface area contributed by atoms with Crippen molar-refractivity contribution in [2.45, 2.75) is 19.8 Å². The van der Waals surface area contributed by atoms with Gasteiger partial charge in [0.15, 0.2) is 0 Å². The van der Waals surface area contributed by atoms with Gasteiger partial charge in [0.2, 0.25) is 5.91 Å². The van der Waals surface area contributed by atoms with Crippen LogP contribution in [0.1, 0.15) is 30.1 Å². The lowest BCUT2D eigenvalue weighted by atomic mass is 9.96. The zero-order valence-electron chi connectivity index (χ0n) is 18.6. The topological polar surface area (TPSA) is 130 Å². The van der Waals surface area contributed by atoms with Gasteiger partial charge in [0.1, 0.15) is 5.56 Å². The minimum Gasteiger partial charge on any atom is -0.348 e. The molecule has 10 nitrogen and oxygen atoms in total. The Morgan fingerprint density at radius 1 is 0.970 bits per heavy atom. The number of hydrogen-bond acceptors (Lipinski definition) is 5. The second-order valence-electron chi connectivity index (χ2n) is 8.00. The third-order valence-corrected chi connectivity index (χ3v) is 5.45. The Kier molecular flexibility index (Phi) is 7.60. The number of hydrogen-bond donors (Lipinski definition) is 3. The van der Waals surface area contributed by atoms with Gasteiger partial charge < -0.3 is 25.4 Å². The van der Waals surface area contributed by atoms with Crippen LogP contribution in [0.4, 0.5) is 11.4 Å². The molecule has 3 N–H and O–H groups in total. The molecule has 0 unspecified atom stereocenters. The van der Waals surface area contributed by atoms with Gasteiger partial charge in [-0.1, -0.05) is 6.07 Å². The van der Waals surface area contributed by atoms with Crippen molar-refractivity contribution < 1.29 is 19.2 Å². The summed E-state index contributed by atoms with van der Waals surface area (Å²) >= 11 is 0. The number of nitrogens with one attached hydrogen (secondary N) is 3. The molecule has 1 aromatic carbocycles. The predicted molar refractivity (Wildman–Crippen MR) is 123 cm³/mol. The highest BCUT2D eigenvalue weighted by atomic mass is 16.2. The van der Waals surface area contributed by atoms with Crippen LogP contribution in [0, 0.1) is 5.92 Å². The summed E-state index contributed by atoms with van der Waals surface area (Å²) in [7, 11) is 1.60. The summed E-state index contributed by atoms with van der Waals surface area (Å²) in [4.78, 5) is 62.0. The van der Waals surface area contributed by atoms with Crippen LogP contribution >= 0.6 is 0 Å². The lowest BCUT2D eigenvalue weighted by Gasteiger charge is -2.32. The van der Waals surface area contributed by atoms with E-state index in [2.05, 4.69) is 16.0 Å². The lowest BCUT2D eigenvalue weighted by Crippen LogP contribution is -2.44. The third kappa shape index (κ3) is 6.28. The highest BCUT2D eigenvalue weighted by molar-refractivity contribution is 6.39. The van der Waals surface area contributed by atoms with Crippen LogP contribution in [0.2, 0.25) is 0 Å². The van der Waals surface area contributed by atoms with Gasteiger partial charge in [-0.05, 0) is 49.1 Å². The Labute approximate surface area is 191 Å². The monoisotopic (exact) mass is 453 g/mol. The van der Waals surface area contributed by atoms with E-state index >= 15 is 0 Å². The van der Waals surface area contributed by atoms with Gasteiger partial charge in [-0.25, -0.2) is 0 Å². The van der Waals surface area contributed by atoms with Crippen LogP contribution < -0.4 is 21.5 Å². The first-order valence-corrected chi connectivity index (χ1v) is 10.7. The van der Waals surface area contributed by atoms with Gasteiger partial charge in [-0.15, -0.1) is 0 Å². The van der Waals surface area contributed by atoms with Gasteiger partial charge in [0.25, 0.3) is 11.5 Å². The highest BCUT2D eigenvalue weighted by Gasteiger charge is 2.26. The Bertz CT molecular complexity index is 1120. The quantitative estimate of drug-likeness (QED) is 0.581. The van der Waals surface area contributed by atoms with Crippen molar-refractivity contribution in [3.05, 3.63) is 58.5 Å². The number of nitrogens with zero attached hydrogens (tertiary/aromatic N) is 2. The van der Waals surface area contributed by atoms with Crippen molar-refractivity contribution in [3.63, 3.8) is 0 Å². The fourth-order valence-electron chi connectivity index (χ4n) is 3.65. The number of aryl methyl sites for hydroxylation is 1. The minimum absolute atomic E-state index is 0.118. The Hall–Kier alpha value is -3.95. The highest BCUT2D eigenvalue weighted by Crippen LogP contribution is 2.18. The van der Waals surface area contributed by atoms with Crippen LogP contribution in [0.5, 0.6) is 0 Å². The molecular weight excluding hydrogens is 426 g/mol. The van der Waals surface area contributed by atoms with E-state index in [0.717, 1.165) is 0 Å². The van der Waals surface area contributed by atoms with Gasteiger partial charge >= 0.3 is 11.8 Å². The SMILES string of the molecule is CC(=O)Nc1cccc(NC(=O)C(=O)NCC2CCN(C(=O)c3cccn(C)c3=O)CC2)c1. The average molecular weight is 453 g/mol. The van der Waals surface area contributed by atoms with Crippen molar-refractivity contribution in [2.24, 2.45) is 13.0 Å². The Balaban J connectivity index is 1.45. The van der Waals surface area contributed by atoms with Gasteiger partial charge in [0, 0.05) is 51.2 Å². The third-order valence-electron chi connectivity index (χ3n) is 5.45. The second-order valence-corrected chi connectivity index (χ2v) is 8.00. The Morgan fingerprint density at radius 2 is 1.64 bits per heavy atom. The molecule has 2 heterocycles. The first-order chi connectivity index (χ1) is 15.7. The number of rotatable bonds is 5. The molecule has 1 aliphatic rings. The molecule has 33 heavy (non-hydrogen) atoms. The van der Waals surface area contributed by atoms with E-state index in [1.54, 1.807) is 48.5 Å². The van der Waals surface area contributed by atoms with Gasteiger partial charge in [-0.3, -0.25) is 24.0 Å². The van der Waals surface area contributed by atoms with Crippen molar-refractivity contribution in [3.8, 4) is 0 Å². The van der Waals surface area contributed by atoms with E-state index in [4.69, 9.17) is 0 Å². The molecule has 1 aromatic heterocycles. The molecule has 174 valence electrons. The summed E-state index contributed by atoms with van der Waals surface area (Å²) in [5, 5.41) is 7.75. The number of carbonyl (C=O) groups excluding carboxylic acids is 4. The molecule has 0 saturated carbocycles. The largest absolute Gasteiger partial charge is 0.348 e. The van der Waals surface area contributed by atoms with Crippen LogP contribution in [0.3, 0.4) is 0 Å². The van der Waals surface area contributed by atoms with E-state index in [0.29, 0.717) is 43.9 Å². The Morgan fingerprint density at radius 3 is 2.30 bits per heavy atom. The van der Waals surface area contributed by atoms with E-state index in [9.17, 15) is 24.0 Å². The summed E-state index contributed by atoms with van der Waals surface area (Å²) in [6.07, 6.45) is 2.91. The molecule has 0 spiro atoms. The molecular formula is C23H27N5O5. The number of aromatic nitrogens is 1. The van der Waals surface area contributed by atoms with Gasteiger partial charge in [-0.2, -0.15) is 0 Å². The fourth-order valence-corrected chi connectivity index (χ4v) is 3.65. The number of carbonyl (C=O) groups is 4. The average Bonchev–Trinajstić information content (AvgIpc) is 2.79. The summed E-state index contributed by atoms with van der Waals surface area (Å²) in [6, 6.07) is 9.69. The van der Waals surface area contributed by atoms with Crippen molar-refractivity contribution in [1.29, 1.82) is 0 Å². The fraction of sp³-hybridized carbons (Fsp3) is 0.348. The molecule has 1 aliphatic heterocycles. The predicted octanol–water partition coefficient (Wildman–Crippen LogP) is 0.951. The molecule has 0 bridgehead atoms. The molecule has 0 atom stereocenters. The van der Waals surface area contributed by atoms with Crippen LogP contribution in [0.25, 0.3) is 0 Å². The van der Waals surface area contributed by atoms with Crippen molar-refractivity contribution in [1.82, 2.24) is 14.8 Å². The maximum atomic E-state index is 12.7. The first kappa shape index (κ1) is 23.7. The zero-order chi connectivity index (χ0) is 24.0. The van der Waals surface area contributed by atoms with E-state index in [-0.39, 0.29) is 28.9 Å². The number of anilines is 2. The minimum atomic E-state index is -0.803. The molecule has 1 saturated heterocycles. The number of amides is 4. The smallest absolute Gasteiger partial charge is 0.313 e. The van der Waals surface area contributed by atoms with E-state index in [1.165, 1.54) is 17.6 Å². The number of pyridine rings is 1. The maximum Gasteiger partial charge on any atom is 0.313 e. The summed E-state index contributed by atoms with van der Waals surface area (Å²) in [6.45, 7) is 2.63.